The molecule has 2 rings (SSSR count). The van der Waals surface area contributed by atoms with Crippen molar-refractivity contribution in [1.29, 1.82) is 0 Å². The molecule has 112 valence electrons. The summed E-state index contributed by atoms with van der Waals surface area (Å²) in [6.45, 7) is 3.97. The summed E-state index contributed by atoms with van der Waals surface area (Å²) in [6.07, 6.45) is 0.122. The van der Waals surface area contributed by atoms with Gasteiger partial charge in [-0.05, 0) is 55.8 Å². The van der Waals surface area contributed by atoms with Crippen LogP contribution in [0, 0.1) is 0 Å². The van der Waals surface area contributed by atoms with Crippen molar-refractivity contribution in [3.05, 3.63) is 59.1 Å². The van der Waals surface area contributed by atoms with Crippen molar-refractivity contribution in [2.75, 3.05) is 11.9 Å². The number of hydrogen-bond donors (Lipinski definition) is 2. The highest BCUT2D eigenvalue weighted by Gasteiger charge is 2.11. The van der Waals surface area contributed by atoms with Gasteiger partial charge in [0, 0.05) is 10.7 Å². The van der Waals surface area contributed by atoms with Crippen LogP contribution in [0.15, 0.2) is 48.5 Å². The molecule has 1 unspecified atom stereocenters. The quantitative estimate of drug-likeness (QED) is 0.837. The van der Waals surface area contributed by atoms with Gasteiger partial charge in [-0.1, -0.05) is 23.7 Å². The smallest absolute Gasteiger partial charge is 0.120 e. The van der Waals surface area contributed by atoms with Gasteiger partial charge in [-0.15, -0.1) is 0 Å². The van der Waals surface area contributed by atoms with Crippen LogP contribution < -0.4 is 10.1 Å². The van der Waals surface area contributed by atoms with Crippen LogP contribution in [0.5, 0.6) is 5.75 Å². The van der Waals surface area contributed by atoms with Crippen LogP contribution in [-0.4, -0.2) is 17.8 Å². The SMILES string of the molecule is CC(C)Oc1cccc(C(CO)Nc2ccc(Cl)cc2)c1. The van der Waals surface area contributed by atoms with Gasteiger partial charge in [0.15, 0.2) is 0 Å². The first kappa shape index (κ1) is 15.7. The molecule has 0 heterocycles. The highest BCUT2D eigenvalue weighted by molar-refractivity contribution is 6.30. The third-order valence-corrected chi connectivity index (χ3v) is 3.25. The molecule has 0 saturated heterocycles. The normalized spacial score (nSPS) is 12.2. The van der Waals surface area contributed by atoms with Crippen molar-refractivity contribution in [3.8, 4) is 5.75 Å². The van der Waals surface area contributed by atoms with E-state index in [1.54, 1.807) is 0 Å². The summed E-state index contributed by atoms with van der Waals surface area (Å²) in [5, 5.41) is 13.6. The number of benzene rings is 2. The Bertz CT molecular complexity index is 569. The Balaban J connectivity index is 2.15. The van der Waals surface area contributed by atoms with Crippen LogP contribution in [0.3, 0.4) is 0 Å². The van der Waals surface area contributed by atoms with E-state index in [0.717, 1.165) is 17.0 Å². The predicted octanol–water partition coefficient (Wildman–Crippen LogP) is 4.27. The van der Waals surface area contributed by atoms with Gasteiger partial charge in [-0.3, -0.25) is 0 Å². The lowest BCUT2D eigenvalue weighted by molar-refractivity contribution is 0.241. The van der Waals surface area contributed by atoms with Crippen molar-refractivity contribution in [2.24, 2.45) is 0 Å². The van der Waals surface area contributed by atoms with E-state index in [-0.39, 0.29) is 18.8 Å². The Labute approximate surface area is 130 Å². The predicted molar refractivity (Wildman–Crippen MR) is 87.1 cm³/mol. The molecular formula is C17H20ClNO2. The van der Waals surface area contributed by atoms with E-state index in [9.17, 15) is 5.11 Å². The zero-order chi connectivity index (χ0) is 15.2. The maximum Gasteiger partial charge on any atom is 0.120 e. The lowest BCUT2D eigenvalue weighted by Crippen LogP contribution is -2.15. The average molecular weight is 306 g/mol. The van der Waals surface area contributed by atoms with Crippen molar-refractivity contribution in [1.82, 2.24) is 0 Å². The minimum absolute atomic E-state index is 0.00619. The van der Waals surface area contributed by atoms with Gasteiger partial charge >= 0.3 is 0 Å². The van der Waals surface area contributed by atoms with E-state index >= 15 is 0 Å². The number of hydrogen-bond acceptors (Lipinski definition) is 3. The van der Waals surface area contributed by atoms with E-state index in [0.29, 0.717) is 5.02 Å². The molecule has 2 aromatic carbocycles. The highest BCUT2D eigenvalue weighted by atomic mass is 35.5. The summed E-state index contributed by atoms with van der Waals surface area (Å²) in [5.74, 6) is 0.804. The maximum atomic E-state index is 9.64. The Kier molecular flexibility index (Phi) is 5.48. The standard InChI is InChI=1S/C17H20ClNO2/c1-12(2)21-16-5-3-4-13(10-16)17(11-20)19-15-8-6-14(18)7-9-15/h3-10,12,17,19-20H,11H2,1-2H3. The minimum atomic E-state index is -0.193. The zero-order valence-electron chi connectivity index (χ0n) is 12.2. The molecule has 0 bridgehead atoms. The van der Waals surface area contributed by atoms with Crippen molar-refractivity contribution in [2.45, 2.75) is 26.0 Å². The second-order valence-corrected chi connectivity index (χ2v) is 5.56. The Morgan fingerprint density at radius 3 is 2.48 bits per heavy atom. The van der Waals surface area contributed by atoms with Crippen molar-refractivity contribution < 1.29 is 9.84 Å². The molecule has 0 saturated carbocycles. The first-order chi connectivity index (χ1) is 10.1. The monoisotopic (exact) mass is 305 g/mol. The Morgan fingerprint density at radius 1 is 1.14 bits per heavy atom. The molecule has 0 aliphatic rings. The number of aliphatic hydroxyl groups is 1. The topological polar surface area (TPSA) is 41.5 Å². The lowest BCUT2D eigenvalue weighted by Gasteiger charge is -2.19. The average Bonchev–Trinajstić information content (AvgIpc) is 2.46. The van der Waals surface area contributed by atoms with E-state index < -0.39 is 0 Å². The van der Waals surface area contributed by atoms with Crippen molar-refractivity contribution >= 4 is 17.3 Å². The molecule has 0 radical (unpaired) electrons. The third-order valence-electron chi connectivity index (χ3n) is 3.00. The first-order valence-electron chi connectivity index (χ1n) is 6.98. The summed E-state index contributed by atoms with van der Waals surface area (Å²) < 4.78 is 5.69. The fraction of sp³-hybridized carbons (Fsp3) is 0.294. The second kappa shape index (κ2) is 7.34. The van der Waals surface area contributed by atoms with E-state index in [1.807, 2.05) is 62.4 Å². The molecule has 0 amide bonds. The van der Waals surface area contributed by atoms with Gasteiger partial charge in [-0.25, -0.2) is 0 Å². The zero-order valence-corrected chi connectivity index (χ0v) is 13.0. The number of rotatable bonds is 6. The largest absolute Gasteiger partial charge is 0.491 e. The van der Waals surface area contributed by atoms with Gasteiger partial charge in [0.05, 0.1) is 18.8 Å². The van der Waals surface area contributed by atoms with Crippen LogP contribution in [0.2, 0.25) is 5.02 Å². The Morgan fingerprint density at radius 2 is 1.86 bits per heavy atom. The van der Waals surface area contributed by atoms with Crippen LogP contribution in [0.25, 0.3) is 0 Å². The molecule has 3 nitrogen and oxygen atoms in total. The fourth-order valence-corrected chi connectivity index (χ4v) is 2.18. The number of halogens is 1. The molecule has 2 N–H and O–H groups in total. The second-order valence-electron chi connectivity index (χ2n) is 5.13. The third kappa shape index (κ3) is 4.66. The molecule has 21 heavy (non-hydrogen) atoms. The van der Waals surface area contributed by atoms with Gasteiger partial charge < -0.3 is 15.2 Å². The Hall–Kier alpha value is -1.71. The highest BCUT2D eigenvalue weighted by Crippen LogP contribution is 2.24. The summed E-state index contributed by atoms with van der Waals surface area (Å²) in [5.41, 5.74) is 1.89. The molecule has 0 aromatic heterocycles. The van der Waals surface area contributed by atoms with Crippen LogP contribution in [0.4, 0.5) is 5.69 Å². The summed E-state index contributed by atoms with van der Waals surface area (Å²) >= 11 is 5.87. The molecule has 0 spiro atoms. The summed E-state index contributed by atoms with van der Waals surface area (Å²) in [4.78, 5) is 0. The molecule has 4 heteroatoms. The maximum absolute atomic E-state index is 9.64. The molecule has 0 aliphatic heterocycles. The van der Waals surface area contributed by atoms with Crippen LogP contribution in [-0.2, 0) is 0 Å². The van der Waals surface area contributed by atoms with Crippen LogP contribution in [0.1, 0.15) is 25.5 Å². The van der Waals surface area contributed by atoms with Crippen LogP contribution >= 0.6 is 11.6 Å². The van der Waals surface area contributed by atoms with Crippen molar-refractivity contribution in [3.63, 3.8) is 0 Å². The number of anilines is 1. The fourth-order valence-electron chi connectivity index (χ4n) is 2.06. The summed E-state index contributed by atoms with van der Waals surface area (Å²) in [6, 6.07) is 15.0. The lowest BCUT2D eigenvalue weighted by atomic mass is 10.1. The number of ether oxygens (including phenoxy) is 1. The summed E-state index contributed by atoms with van der Waals surface area (Å²) in [7, 11) is 0. The minimum Gasteiger partial charge on any atom is -0.491 e. The number of aliphatic hydroxyl groups excluding tert-OH is 1. The van der Waals surface area contributed by atoms with E-state index in [4.69, 9.17) is 16.3 Å². The van der Waals surface area contributed by atoms with Gasteiger partial charge in [-0.2, -0.15) is 0 Å². The molecule has 2 aromatic rings. The van der Waals surface area contributed by atoms with Gasteiger partial charge in [0.1, 0.15) is 5.75 Å². The van der Waals surface area contributed by atoms with Gasteiger partial charge in [0.25, 0.3) is 0 Å². The number of nitrogens with one attached hydrogen (secondary N) is 1. The first-order valence-corrected chi connectivity index (χ1v) is 7.36. The molecule has 1 atom stereocenters. The van der Waals surface area contributed by atoms with Gasteiger partial charge in [0.2, 0.25) is 0 Å². The molecular weight excluding hydrogens is 286 g/mol. The van der Waals surface area contributed by atoms with E-state index in [1.165, 1.54) is 0 Å². The molecule has 0 aliphatic carbocycles. The molecule has 0 fully saturated rings. The van der Waals surface area contributed by atoms with E-state index in [2.05, 4.69) is 5.32 Å².